The van der Waals surface area contributed by atoms with Crippen LogP contribution >= 0.6 is 0 Å². The molecule has 1 aromatic heterocycles. The average molecular weight is 181 g/mol. The number of aromatic nitrogens is 2. The highest BCUT2D eigenvalue weighted by molar-refractivity contribution is 5.21. The molecule has 0 aliphatic carbocycles. The van der Waals surface area contributed by atoms with E-state index in [2.05, 4.69) is 17.0 Å². The van der Waals surface area contributed by atoms with E-state index in [1.165, 1.54) is 11.3 Å². The Hall–Kier alpha value is -0.870. The standard InChI is InChI=1S/C9H15N3O/c1-11-6-8-5-10-12(3-4-13-2)9(8)7-11/h5H,3-4,6-7H2,1-2H3. The van der Waals surface area contributed by atoms with E-state index in [0.717, 1.165) is 26.2 Å². The van der Waals surface area contributed by atoms with Gasteiger partial charge in [-0.25, -0.2) is 0 Å². The van der Waals surface area contributed by atoms with Gasteiger partial charge in [-0.3, -0.25) is 9.58 Å². The van der Waals surface area contributed by atoms with Gasteiger partial charge in [-0.2, -0.15) is 5.10 Å². The number of hydrogen-bond acceptors (Lipinski definition) is 3. The smallest absolute Gasteiger partial charge is 0.0659 e. The van der Waals surface area contributed by atoms with Crippen LogP contribution in [0.4, 0.5) is 0 Å². The van der Waals surface area contributed by atoms with Gasteiger partial charge in [-0.05, 0) is 7.05 Å². The van der Waals surface area contributed by atoms with Crippen molar-refractivity contribution in [3.8, 4) is 0 Å². The first-order chi connectivity index (χ1) is 6.31. The molecule has 0 fully saturated rings. The summed E-state index contributed by atoms with van der Waals surface area (Å²) in [5, 5.41) is 4.32. The number of fused-ring (bicyclic) bond motifs is 1. The van der Waals surface area contributed by atoms with Crippen LogP contribution in [0.25, 0.3) is 0 Å². The van der Waals surface area contributed by atoms with E-state index in [-0.39, 0.29) is 0 Å². The Morgan fingerprint density at radius 3 is 3.15 bits per heavy atom. The van der Waals surface area contributed by atoms with E-state index in [9.17, 15) is 0 Å². The van der Waals surface area contributed by atoms with Gasteiger partial charge in [-0.1, -0.05) is 0 Å². The molecule has 0 N–H and O–H groups in total. The Bertz CT molecular complexity index is 295. The molecular formula is C9H15N3O. The first-order valence-corrected chi connectivity index (χ1v) is 4.52. The minimum absolute atomic E-state index is 0.734. The zero-order valence-electron chi connectivity index (χ0n) is 8.16. The Morgan fingerprint density at radius 2 is 2.38 bits per heavy atom. The second-order valence-corrected chi connectivity index (χ2v) is 3.50. The Labute approximate surface area is 78.1 Å². The van der Waals surface area contributed by atoms with E-state index in [1.54, 1.807) is 7.11 Å². The minimum atomic E-state index is 0.734. The van der Waals surface area contributed by atoms with Gasteiger partial charge in [0.25, 0.3) is 0 Å². The lowest BCUT2D eigenvalue weighted by Gasteiger charge is -2.07. The molecule has 0 aromatic carbocycles. The number of rotatable bonds is 3. The lowest BCUT2D eigenvalue weighted by atomic mass is 10.3. The number of hydrogen-bond donors (Lipinski definition) is 0. The molecule has 4 nitrogen and oxygen atoms in total. The Balaban J connectivity index is 2.11. The molecule has 2 rings (SSSR count). The van der Waals surface area contributed by atoms with E-state index in [4.69, 9.17) is 4.74 Å². The van der Waals surface area contributed by atoms with Crippen LogP contribution in [0.1, 0.15) is 11.3 Å². The van der Waals surface area contributed by atoms with Crippen LogP contribution in [0.2, 0.25) is 0 Å². The van der Waals surface area contributed by atoms with Crippen LogP contribution < -0.4 is 0 Å². The van der Waals surface area contributed by atoms with Gasteiger partial charge in [0.15, 0.2) is 0 Å². The number of nitrogens with zero attached hydrogens (tertiary/aromatic N) is 3. The third-order valence-corrected chi connectivity index (χ3v) is 2.40. The predicted octanol–water partition coefficient (Wildman–Crippen LogP) is 0.475. The van der Waals surface area contributed by atoms with Crippen molar-refractivity contribution >= 4 is 0 Å². The number of methoxy groups -OCH3 is 1. The summed E-state index contributed by atoms with van der Waals surface area (Å²) in [4.78, 5) is 2.29. The molecule has 0 atom stereocenters. The largest absolute Gasteiger partial charge is 0.383 e. The predicted molar refractivity (Wildman–Crippen MR) is 49.3 cm³/mol. The molecule has 0 bridgehead atoms. The number of ether oxygens (including phenoxy) is 1. The SMILES string of the molecule is COCCn1ncc2c1CN(C)C2. The lowest BCUT2D eigenvalue weighted by Crippen LogP contribution is -2.13. The highest BCUT2D eigenvalue weighted by Gasteiger charge is 2.19. The fourth-order valence-corrected chi connectivity index (χ4v) is 1.74. The third kappa shape index (κ3) is 1.59. The fourth-order valence-electron chi connectivity index (χ4n) is 1.74. The normalized spacial score (nSPS) is 16.5. The summed E-state index contributed by atoms with van der Waals surface area (Å²) in [5.41, 5.74) is 2.71. The van der Waals surface area contributed by atoms with Crippen LogP contribution in [0.15, 0.2) is 6.20 Å². The molecule has 0 saturated carbocycles. The molecule has 1 aliphatic heterocycles. The van der Waals surface area contributed by atoms with E-state index >= 15 is 0 Å². The first kappa shape index (κ1) is 8.72. The van der Waals surface area contributed by atoms with Crippen LogP contribution in [-0.2, 0) is 24.4 Å². The van der Waals surface area contributed by atoms with E-state index in [0.29, 0.717) is 0 Å². The van der Waals surface area contributed by atoms with Crippen molar-refractivity contribution in [2.45, 2.75) is 19.6 Å². The first-order valence-electron chi connectivity index (χ1n) is 4.52. The van der Waals surface area contributed by atoms with Crippen molar-refractivity contribution in [1.82, 2.24) is 14.7 Å². The van der Waals surface area contributed by atoms with Crippen LogP contribution in [0.5, 0.6) is 0 Å². The molecule has 4 heteroatoms. The zero-order valence-corrected chi connectivity index (χ0v) is 8.16. The zero-order chi connectivity index (χ0) is 9.26. The summed E-state index contributed by atoms with van der Waals surface area (Å²) in [6.45, 7) is 3.64. The summed E-state index contributed by atoms with van der Waals surface area (Å²) in [6, 6.07) is 0. The van der Waals surface area contributed by atoms with Gasteiger partial charge in [0.1, 0.15) is 0 Å². The third-order valence-electron chi connectivity index (χ3n) is 2.40. The molecule has 2 heterocycles. The van der Waals surface area contributed by atoms with Gasteiger partial charge in [-0.15, -0.1) is 0 Å². The van der Waals surface area contributed by atoms with Crippen LogP contribution in [-0.4, -0.2) is 35.4 Å². The lowest BCUT2D eigenvalue weighted by molar-refractivity contribution is 0.181. The van der Waals surface area contributed by atoms with Crippen molar-refractivity contribution in [2.75, 3.05) is 20.8 Å². The molecule has 0 spiro atoms. The Kier molecular flexibility index (Phi) is 2.33. The maximum Gasteiger partial charge on any atom is 0.0659 e. The van der Waals surface area contributed by atoms with Crippen molar-refractivity contribution < 1.29 is 4.74 Å². The molecular weight excluding hydrogens is 166 g/mol. The molecule has 13 heavy (non-hydrogen) atoms. The fraction of sp³-hybridized carbons (Fsp3) is 0.667. The van der Waals surface area contributed by atoms with Crippen molar-refractivity contribution in [3.05, 3.63) is 17.5 Å². The van der Waals surface area contributed by atoms with Gasteiger partial charge < -0.3 is 4.74 Å². The topological polar surface area (TPSA) is 30.3 Å². The van der Waals surface area contributed by atoms with Crippen LogP contribution in [0, 0.1) is 0 Å². The summed E-state index contributed by atoms with van der Waals surface area (Å²) in [7, 11) is 3.84. The van der Waals surface area contributed by atoms with Crippen molar-refractivity contribution in [2.24, 2.45) is 0 Å². The molecule has 0 amide bonds. The summed E-state index contributed by atoms with van der Waals surface area (Å²) in [6.07, 6.45) is 1.97. The molecule has 0 radical (unpaired) electrons. The molecule has 1 aromatic rings. The Morgan fingerprint density at radius 1 is 1.54 bits per heavy atom. The highest BCUT2D eigenvalue weighted by atomic mass is 16.5. The maximum atomic E-state index is 5.03. The molecule has 72 valence electrons. The average Bonchev–Trinajstić information content (AvgIpc) is 2.61. The highest BCUT2D eigenvalue weighted by Crippen LogP contribution is 2.20. The van der Waals surface area contributed by atoms with E-state index < -0.39 is 0 Å². The molecule has 0 unspecified atom stereocenters. The minimum Gasteiger partial charge on any atom is -0.383 e. The summed E-state index contributed by atoms with van der Waals surface area (Å²) >= 11 is 0. The molecule has 0 saturated heterocycles. The van der Waals surface area contributed by atoms with Crippen molar-refractivity contribution in [1.29, 1.82) is 0 Å². The van der Waals surface area contributed by atoms with Gasteiger partial charge in [0.05, 0.1) is 25.0 Å². The van der Waals surface area contributed by atoms with Gasteiger partial charge in [0, 0.05) is 25.8 Å². The molecule has 1 aliphatic rings. The summed E-state index contributed by atoms with van der Waals surface area (Å²) < 4.78 is 7.07. The maximum absolute atomic E-state index is 5.03. The van der Waals surface area contributed by atoms with Gasteiger partial charge >= 0.3 is 0 Å². The van der Waals surface area contributed by atoms with E-state index in [1.807, 2.05) is 10.9 Å². The van der Waals surface area contributed by atoms with Crippen molar-refractivity contribution in [3.63, 3.8) is 0 Å². The summed E-state index contributed by atoms with van der Waals surface area (Å²) in [5.74, 6) is 0. The second kappa shape index (κ2) is 3.47. The van der Waals surface area contributed by atoms with Crippen LogP contribution in [0.3, 0.4) is 0 Å². The van der Waals surface area contributed by atoms with Gasteiger partial charge in [0.2, 0.25) is 0 Å². The second-order valence-electron chi connectivity index (χ2n) is 3.50. The quantitative estimate of drug-likeness (QED) is 0.679. The monoisotopic (exact) mass is 181 g/mol.